The Bertz CT molecular complexity index is 711. The maximum Gasteiger partial charge on any atom is 0.241 e. The minimum Gasteiger partial charge on any atom is -0.207 e. The van der Waals surface area contributed by atoms with E-state index in [1.165, 1.54) is 0 Å². The Kier molecular flexibility index (Phi) is 5.19. The van der Waals surface area contributed by atoms with Crippen molar-refractivity contribution in [3.05, 3.63) is 64.1 Å². The molecule has 0 saturated carbocycles. The number of nitrogens with one attached hydrogen (secondary N) is 1. The van der Waals surface area contributed by atoms with E-state index in [2.05, 4.69) is 20.7 Å². The molecule has 2 aromatic carbocycles. The van der Waals surface area contributed by atoms with Crippen molar-refractivity contribution in [2.45, 2.75) is 31.2 Å². The Hall–Kier alpha value is -1.17. The van der Waals surface area contributed by atoms with E-state index in [1.807, 2.05) is 50.2 Å². The molecule has 1 unspecified atom stereocenters. The zero-order valence-electron chi connectivity index (χ0n) is 12.0. The summed E-state index contributed by atoms with van der Waals surface area (Å²) in [5.41, 5.74) is 2.03. The predicted molar refractivity (Wildman–Crippen MR) is 88.7 cm³/mol. The van der Waals surface area contributed by atoms with Gasteiger partial charge in [0, 0.05) is 10.5 Å². The Labute approximate surface area is 134 Å². The van der Waals surface area contributed by atoms with Crippen LogP contribution in [0.5, 0.6) is 0 Å². The van der Waals surface area contributed by atoms with Crippen molar-refractivity contribution in [3.63, 3.8) is 0 Å². The summed E-state index contributed by atoms with van der Waals surface area (Å²) in [6, 6.07) is 14.3. The molecule has 5 heteroatoms. The van der Waals surface area contributed by atoms with Gasteiger partial charge in [-0.1, -0.05) is 53.2 Å². The topological polar surface area (TPSA) is 46.2 Å². The Balaban J connectivity index is 2.22. The van der Waals surface area contributed by atoms with Gasteiger partial charge in [-0.2, -0.15) is 0 Å². The summed E-state index contributed by atoms with van der Waals surface area (Å²) in [6.07, 6.45) is 0.890. The minimum atomic E-state index is -3.52. The summed E-state index contributed by atoms with van der Waals surface area (Å²) in [4.78, 5) is 0.290. The molecule has 21 heavy (non-hydrogen) atoms. The minimum absolute atomic E-state index is 0.290. The lowest BCUT2D eigenvalue weighted by Gasteiger charge is -2.16. The van der Waals surface area contributed by atoms with E-state index in [4.69, 9.17) is 0 Å². The van der Waals surface area contributed by atoms with E-state index in [-0.39, 0.29) is 6.04 Å². The van der Waals surface area contributed by atoms with Crippen LogP contribution in [0.4, 0.5) is 0 Å². The number of hydrogen-bond donors (Lipinski definition) is 1. The summed E-state index contributed by atoms with van der Waals surface area (Å²) < 4.78 is 28.4. The van der Waals surface area contributed by atoms with Crippen LogP contribution in [0.25, 0.3) is 0 Å². The SMILES string of the molecule is CCc1ccc(S(=O)(=O)NC(C)c2ccccc2Br)cc1. The zero-order chi connectivity index (χ0) is 15.5. The van der Waals surface area contributed by atoms with Crippen molar-refractivity contribution in [2.24, 2.45) is 0 Å². The lowest BCUT2D eigenvalue weighted by Crippen LogP contribution is -2.27. The van der Waals surface area contributed by atoms with Gasteiger partial charge in [0.2, 0.25) is 10.0 Å². The first-order valence-corrected chi connectivity index (χ1v) is 9.07. The predicted octanol–water partition coefficient (Wildman–Crippen LogP) is 4.05. The van der Waals surface area contributed by atoms with Gasteiger partial charge in [-0.25, -0.2) is 13.1 Å². The van der Waals surface area contributed by atoms with Crippen LogP contribution >= 0.6 is 15.9 Å². The van der Waals surface area contributed by atoms with Gasteiger partial charge in [0.25, 0.3) is 0 Å². The molecule has 112 valence electrons. The first kappa shape index (κ1) is 16.2. The first-order chi connectivity index (χ1) is 9.94. The van der Waals surface area contributed by atoms with Crippen molar-refractivity contribution in [3.8, 4) is 0 Å². The van der Waals surface area contributed by atoms with Crippen LogP contribution in [-0.2, 0) is 16.4 Å². The third kappa shape index (κ3) is 3.93. The molecule has 0 aromatic heterocycles. The lowest BCUT2D eigenvalue weighted by atomic mass is 10.1. The van der Waals surface area contributed by atoms with E-state index in [0.29, 0.717) is 4.90 Å². The van der Waals surface area contributed by atoms with Gasteiger partial charge in [-0.05, 0) is 42.7 Å². The van der Waals surface area contributed by atoms with E-state index < -0.39 is 10.0 Å². The number of aryl methyl sites for hydroxylation is 1. The van der Waals surface area contributed by atoms with Gasteiger partial charge < -0.3 is 0 Å². The van der Waals surface area contributed by atoms with Crippen LogP contribution in [0.2, 0.25) is 0 Å². The van der Waals surface area contributed by atoms with Gasteiger partial charge in [0.05, 0.1) is 4.90 Å². The number of benzene rings is 2. The molecule has 2 rings (SSSR count). The summed E-state index contributed by atoms with van der Waals surface area (Å²) in [7, 11) is -3.52. The van der Waals surface area contributed by atoms with E-state index in [1.54, 1.807) is 12.1 Å². The molecule has 0 aliphatic heterocycles. The Morgan fingerprint density at radius 3 is 2.29 bits per heavy atom. The van der Waals surface area contributed by atoms with Crippen LogP contribution in [0.1, 0.15) is 31.0 Å². The fourth-order valence-electron chi connectivity index (χ4n) is 2.09. The molecule has 0 fully saturated rings. The van der Waals surface area contributed by atoms with Crippen LogP contribution < -0.4 is 4.72 Å². The molecular weight excluding hydrogens is 350 g/mol. The molecule has 0 radical (unpaired) electrons. The molecule has 2 aromatic rings. The fraction of sp³-hybridized carbons (Fsp3) is 0.250. The van der Waals surface area contributed by atoms with Crippen molar-refractivity contribution >= 4 is 26.0 Å². The van der Waals surface area contributed by atoms with Crippen LogP contribution in [0, 0.1) is 0 Å². The molecule has 0 saturated heterocycles. The molecule has 3 nitrogen and oxygen atoms in total. The molecule has 1 N–H and O–H groups in total. The summed E-state index contributed by atoms with van der Waals surface area (Å²) in [5, 5.41) is 0. The molecule has 0 heterocycles. The molecule has 0 bridgehead atoms. The average Bonchev–Trinajstić information content (AvgIpc) is 2.47. The van der Waals surface area contributed by atoms with E-state index in [9.17, 15) is 8.42 Å². The van der Waals surface area contributed by atoms with Crippen molar-refractivity contribution < 1.29 is 8.42 Å². The van der Waals surface area contributed by atoms with Crippen molar-refractivity contribution in [2.75, 3.05) is 0 Å². The smallest absolute Gasteiger partial charge is 0.207 e. The van der Waals surface area contributed by atoms with Crippen molar-refractivity contribution in [1.82, 2.24) is 4.72 Å². The normalized spacial score (nSPS) is 13.1. The first-order valence-electron chi connectivity index (χ1n) is 6.79. The highest BCUT2D eigenvalue weighted by molar-refractivity contribution is 9.10. The monoisotopic (exact) mass is 367 g/mol. The maximum atomic E-state index is 12.4. The summed E-state index contributed by atoms with van der Waals surface area (Å²) >= 11 is 3.44. The quantitative estimate of drug-likeness (QED) is 0.866. The van der Waals surface area contributed by atoms with Crippen LogP contribution in [-0.4, -0.2) is 8.42 Å². The van der Waals surface area contributed by atoms with E-state index >= 15 is 0 Å². The van der Waals surface area contributed by atoms with Gasteiger partial charge in [-0.3, -0.25) is 0 Å². The second kappa shape index (κ2) is 6.73. The average molecular weight is 368 g/mol. The fourth-order valence-corrected chi connectivity index (χ4v) is 3.95. The molecule has 0 amide bonds. The largest absolute Gasteiger partial charge is 0.241 e. The molecule has 0 aliphatic rings. The van der Waals surface area contributed by atoms with Gasteiger partial charge in [0.1, 0.15) is 0 Å². The number of rotatable bonds is 5. The highest BCUT2D eigenvalue weighted by Crippen LogP contribution is 2.24. The van der Waals surface area contributed by atoms with Crippen LogP contribution in [0.15, 0.2) is 57.9 Å². The molecular formula is C16H18BrNO2S. The molecule has 0 aliphatic carbocycles. The Morgan fingerprint density at radius 2 is 1.71 bits per heavy atom. The standard InChI is InChI=1S/C16H18BrNO2S/c1-3-13-8-10-14(11-9-13)21(19,20)18-12(2)15-6-4-5-7-16(15)17/h4-12,18H,3H2,1-2H3. The third-order valence-corrected chi connectivity index (χ3v) is 5.62. The lowest BCUT2D eigenvalue weighted by molar-refractivity contribution is 0.566. The molecule has 1 atom stereocenters. The summed E-state index contributed by atoms with van der Waals surface area (Å²) in [5.74, 6) is 0. The second-order valence-corrected chi connectivity index (χ2v) is 7.43. The van der Waals surface area contributed by atoms with Gasteiger partial charge in [-0.15, -0.1) is 0 Å². The van der Waals surface area contributed by atoms with Gasteiger partial charge in [0.15, 0.2) is 0 Å². The second-order valence-electron chi connectivity index (χ2n) is 4.86. The summed E-state index contributed by atoms with van der Waals surface area (Å²) in [6.45, 7) is 3.87. The highest BCUT2D eigenvalue weighted by atomic mass is 79.9. The number of sulfonamides is 1. The third-order valence-electron chi connectivity index (χ3n) is 3.35. The van der Waals surface area contributed by atoms with Gasteiger partial charge >= 0.3 is 0 Å². The highest BCUT2D eigenvalue weighted by Gasteiger charge is 2.19. The number of halogens is 1. The zero-order valence-corrected chi connectivity index (χ0v) is 14.4. The van der Waals surface area contributed by atoms with E-state index in [0.717, 1.165) is 22.0 Å². The van der Waals surface area contributed by atoms with Crippen molar-refractivity contribution in [1.29, 1.82) is 0 Å². The number of hydrogen-bond acceptors (Lipinski definition) is 2. The Morgan fingerprint density at radius 1 is 1.10 bits per heavy atom. The van der Waals surface area contributed by atoms with Crippen LogP contribution in [0.3, 0.4) is 0 Å². The molecule has 0 spiro atoms. The maximum absolute atomic E-state index is 12.4.